The van der Waals surface area contributed by atoms with Gasteiger partial charge in [-0.1, -0.05) is 17.7 Å². The van der Waals surface area contributed by atoms with Crippen molar-refractivity contribution in [3.63, 3.8) is 0 Å². The highest BCUT2D eigenvalue weighted by Crippen LogP contribution is 2.22. The monoisotopic (exact) mass is 245 g/mol. The van der Waals surface area contributed by atoms with Crippen molar-refractivity contribution < 1.29 is 9.90 Å². The average molecular weight is 245 g/mol. The van der Waals surface area contributed by atoms with Crippen LogP contribution in [0.15, 0.2) is 18.2 Å². The maximum Gasteiger partial charge on any atom is 0.336 e. The molecule has 2 aromatic rings. The van der Waals surface area contributed by atoms with Crippen LogP contribution in [0.2, 0.25) is 0 Å². The predicted molar refractivity (Wildman–Crippen MR) is 65.8 cm³/mol. The Balaban J connectivity index is 2.66. The molecule has 5 N–H and O–H groups in total. The van der Waals surface area contributed by atoms with Gasteiger partial charge in [-0.15, -0.1) is 0 Å². The molecule has 0 aliphatic heterocycles. The van der Waals surface area contributed by atoms with Crippen molar-refractivity contribution in [1.82, 2.24) is 15.0 Å². The number of nitrogens with two attached hydrogens (primary N) is 2. The quantitative estimate of drug-likeness (QED) is 0.710. The number of hydrogen-bond donors (Lipinski definition) is 3. The van der Waals surface area contributed by atoms with Crippen molar-refractivity contribution in [3.8, 4) is 11.4 Å². The molecule has 7 heteroatoms. The number of rotatable bonds is 2. The number of aromatic carboxylic acids is 1. The first-order valence-electron chi connectivity index (χ1n) is 5.08. The van der Waals surface area contributed by atoms with Crippen LogP contribution in [0.4, 0.5) is 11.9 Å². The fourth-order valence-corrected chi connectivity index (χ4v) is 1.56. The molecule has 18 heavy (non-hydrogen) atoms. The van der Waals surface area contributed by atoms with Gasteiger partial charge in [0.15, 0.2) is 5.82 Å². The molecule has 0 saturated heterocycles. The summed E-state index contributed by atoms with van der Waals surface area (Å²) in [6, 6.07) is 4.92. The van der Waals surface area contributed by atoms with Gasteiger partial charge in [-0.25, -0.2) is 4.79 Å². The topological polar surface area (TPSA) is 128 Å². The third kappa shape index (κ3) is 2.19. The van der Waals surface area contributed by atoms with Gasteiger partial charge in [0.1, 0.15) is 0 Å². The normalized spacial score (nSPS) is 10.3. The maximum absolute atomic E-state index is 11.2. The first-order valence-corrected chi connectivity index (χ1v) is 5.08. The van der Waals surface area contributed by atoms with Gasteiger partial charge in [-0.2, -0.15) is 15.0 Å². The number of anilines is 2. The minimum atomic E-state index is -1.06. The zero-order valence-electron chi connectivity index (χ0n) is 9.58. The summed E-state index contributed by atoms with van der Waals surface area (Å²) >= 11 is 0. The van der Waals surface area contributed by atoms with Gasteiger partial charge in [0.25, 0.3) is 0 Å². The molecule has 92 valence electrons. The van der Waals surface area contributed by atoms with Crippen LogP contribution < -0.4 is 11.5 Å². The highest BCUT2D eigenvalue weighted by molar-refractivity contribution is 5.95. The summed E-state index contributed by atoms with van der Waals surface area (Å²) in [5.74, 6) is -1.01. The van der Waals surface area contributed by atoms with Gasteiger partial charge in [-0.3, -0.25) is 0 Å². The van der Waals surface area contributed by atoms with Gasteiger partial charge in [0.05, 0.1) is 5.56 Å². The van der Waals surface area contributed by atoms with Gasteiger partial charge in [0.2, 0.25) is 11.9 Å². The fraction of sp³-hybridized carbons (Fsp3) is 0.0909. The third-order valence-electron chi connectivity index (χ3n) is 2.32. The van der Waals surface area contributed by atoms with E-state index in [1.807, 2.05) is 0 Å². The van der Waals surface area contributed by atoms with Crippen LogP contribution in [0.5, 0.6) is 0 Å². The first kappa shape index (κ1) is 11.8. The smallest absolute Gasteiger partial charge is 0.336 e. The Morgan fingerprint density at radius 3 is 2.33 bits per heavy atom. The van der Waals surface area contributed by atoms with E-state index in [4.69, 9.17) is 16.6 Å². The Kier molecular flexibility index (Phi) is 2.80. The molecule has 1 heterocycles. The molecular weight excluding hydrogens is 234 g/mol. The Labute approximate surface area is 103 Å². The number of hydrogen-bond acceptors (Lipinski definition) is 6. The molecule has 1 aromatic heterocycles. The molecule has 0 aliphatic carbocycles. The largest absolute Gasteiger partial charge is 0.478 e. The summed E-state index contributed by atoms with van der Waals surface area (Å²) in [4.78, 5) is 22.6. The lowest BCUT2D eigenvalue weighted by atomic mass is 10.0. The highest BCUT2D eigenvalue weighted by atomic mass is 16.4. The van der Waals surface area contributed by atoms with Crippen LogP contribution in [0.1, 0.15) is 15.9 Å². The van der Waals surface area contributed by atoms with Crippen LogP contribution in [0, 0.1) is 6.92 Å². The second-order valence-corrected chi connectivity index (χ2v) is 3.73. The van der Waals surface area contributed by atoms with E-state index in [1.165, 1.54) is 6.07 Å². The van der Waals surface area contributed by atoms with Crippen molar-refractivity contribution in [2.24, 2.45) is 0 Å². The van der Waals surface area contributed by atoms with Crippen LogP contribution in [0.3, 0.4) is 0 Å². The Hall–Kier alpha value is -2.70. The van der Waals surface area contributed by atoms with Crippen LogP contribution in [-0.4, -0.2) is 26.0 Å². The Bertz CT molecular complexity index is 607. The molecule has 7 nitrogen and oxygen atoms in total. The number of aryl methyl sites for hydroxylation is 1. The zero-order valence-corrected chi connectivity index (χ0v) is 9.58. The molecular formula is C11H11N5O2. The van der Waals surface area contributed by atoms with Crippen LogP contribution in [0.25, 0.3) is 11.4 Å². The summed E-state index contributed by atoms with van der Waals surface area (Å²) in [6.45, 7) is 1.80. The molecule has 0 fully saturated rings. The molecule has 0 radical (unpaired) electrons. The first-order chi connectivity index (χ1) is 8.47. The predicted octanol–water partition coefficient (Wildman–Crippen LogP) is 0.710. The third-order valence-corrected chi connectivity index (χ3v) is 2.32. The standard InChI is InChI=1S/C11H11N5O2/c1-5-2-3-6(7(4-5)9(17)18)8-14-10(12)16-11(13)15-8/h2-4H,1H3,(H,17,18)(H4,12,13,14,15,16). The van der Waals surface area contributed by atoms with E-state index in [1.54, 1.807) is 19.1 Å². The van der Waals surface area contributed by atoms with Crippen molar-refractivity contribution >= 4 is 17.9 Å². The van der Waals surface area contributed by atoms with E-state index >= 15 is 0 Å². The number of benzene rings is 1. The second kappa shape index (κ2) is 4.28. The number of nitrogens with zero attached hydrogens (tertiary/aromatic N) is 3. The molecule has 2 rings (SSSR count). The molecule has 0 spiro atoms. The maximum atomic E-state index is 11.2. The average Bonchev–Trinajstić information content (AvgIpc) is 2.27. The van der Waals surface area contributed by atoms with Crippen LogP contribution >= 0.6 is 0 Å². The summed E-state index contributed by atoms with van der Waals surface area (Å²) in [7, 11) is 0. The van der Waals surface area contributed by atoms with E-state index in [9.17, 15) is 4.79 Å². The molecule has 0 unspecified atom stereocenters. The minimum Gasteiger partial charge on any atom is -0.478 e. The second-order valence-electron chi connectivity index (χ2n) is 3.73. The minimum absolute atomic E-state index is 0.0468. The number of carboxylic acid groups (broad SMARTS) is 1. The lowest BCUT2D eigenvalue weighted by Crippen LogP contribution is -2.07. The van der Waals surface area contributed by atoms with Crippen LogP contribution in [-0.2, 0) is 0 Å². The summed E-state index contributed by atoms with van der Waals surface area (Å²) in [5.41, 5.74) is 12.2. The Morgan fingerprint density at radius 1 is 1.17 bits per heavy atom. The number of carbonyl (C=O) groups is 1. The molecule has 0 aliphatic rings. The van der Waals surface area contributed by atoms with E-state index in [2.05, 4.69) is 15.0 Å². The van der Waals surface area contributed by atoms with E-state index in [0.717, 1.165) is 5.56 Å². The Morgan fingerprint density at radius 2 is 1.78 bits per heavy atom. The number of nitrogen functional groups attached to an aromatic ring is 2. The van der Waals surface area contributed by atoms with Gasteiger partial charge in [0, 0.05) is 5.56 Å². The van der Waals surface area contributed by atoms with E-state index < -0.39 is 5.97 Å². The highest BCUT2D eigenvalue weighted by Gasteiger charge is 2.15. The van der Waals surface area contributed by atoms with Gasteiger partial charge in [-0.05, 0) is 13.0 Å². The lowest BCUT2D eigenvalue weighted by molar-refractivity contribution is 0.0697. The summed E-state index contributed by atoms with van der Waals surface area (Å²) < 4.78 is 0. The van der Waals surface area contributed by atoms with E-state index in [0.29, 0.717) is 5.56 Å². The lowest BCUT2D eigenvalue weighted by Gasteiger charge is -2.06. The van der Waals surface area contributed by atoms with Crippen molar-refractivity contribution in [2.45, 2.75) is 6.92 Å². The molecule has 0 saturated carbocycles. The van der Waals surface area contributed by atoms with E-state index in [-0.39, 0.29) is 23.3 Å². The molecule has 0 amide bonds. The van der Waals surface area contributed by atoms with Gasteiger partial charge < -0.3 is 16.6 Å². The molecule has 0 bridgehead atoms. The molecule has 0 atom stereocenters. The molecule has 1 aromatic carbocycles. The van der Waals surface area contributed by atoms with Gasteiger partial charge >= 0.3 is 5.97 Å². The van der Waals surface area contributed by atoms with Crippen molar-refractivity contribution in [1.29, 1.82) is 0 Å². The van der Waals surface area contributed by atoms with Crippen molar-refractivity contribution in [2.75, 3.05) is 11.5 Å². The number of carboxylic acids is 1. The van der Waals surface area contributed by atoms with Crippen molar-refractivity contribution in [3.05, 3.63) is 29.3 Å². The zero-order chi connectivity index (χ0) is 13.3. The fourth-order valence-electron chi connectivity index (χ4n) is 1.56. The SMILES string of the molecule is Cc1ccc(-c2nc(N)nc(N)n2)c(C(=O)O)c1. The summed E-state index contributed by atoms with van der Waals surface area (Å²) in [5, 5.41) is 9.16. The summed E-state index contributed by atoms with van der Waals surface area (Å²) in [6.07, 6.45) is 0. The number of aromatic nitrogens is 3.